The van der Waals surface area contributed by atoms with Crippen LogP contribution in [0.3, 0.4) is 0 Å². The van der Waals surface area contributed by atoms with Crippen molar-refractivity contribution in [3.05, 3.63) is 68.6 Å². The van der Waals surface area contributed by atoms with Crippen LogP contribution < -0.4 is 11.3 Å². The third-order valence-corrected chi connectivity index (χ3v) is 6.01. The number of methoxy groups -OCH3 is 1. The van der Waals surface area contributed by atoms with Crippen LogP contribution in [-0.4, -0.2) is 50.2 Å². The lowest BCUT2D eigenvalue weighted by Gasteiger charge is -2.20. The molecule has 4 rings (SSSR count). The van der Waals surface area contributed by atoms with Gasteiger partial charge in [-0.1, -0.05) is 0 Å². The number of ether oxygens (including phenoxy) is 2. The highest BCUT2D eigenvalue weighted by Gasteiger charge is 2.23. The fourth-order valence-corrected chi connectivity index (χ4v) is 4.35. The Morgan fingerprint density at radius 3 is 2.51 bits per heavy atom. The monoisotopic (exact) mass is 535 g/mol. The van der Waals surface area contributed by atoms with E-state index in [4.69, 9.17) is 15.2 Å². The summed E-state index contributed by atoms with van der Waals surface area (Å²) in [7, 11) is 1.28. The van der Waals surface area contributed by atoms with Crippen LogP contribution in [0.2, 0.25) is 0 Å². The van der Waals surface area contributed by atoms with E-state index in [1.165, 1.54) is 25.3 Å². The minimum absolute atomic E-state index is 0.0124. The summed E-state index contributed by atoms with van der Waals surface area (Å²) in [6.07, 6.45) is 2.42. The average Bonchev–Trinajstić information content (AvgIpc) is 3.24. The smallest absolute Gasteiger partial charge is 0.337 e. The molecular weight excluding hydrogens is 506 g/mol. The van der Waals surface area contributed by atoms with Crippen molar-refractivity contribution < 1.29 is 24.0 Å². The molecule has 0 bridgehead atoms. The number of aromatic nitrogens is 3. The quantitative estimate of drug-likeness (QED) is 0.202. The van der Waals surface area contributed by atoms with Gasteiger partial charge in [0, 0.05) is 41.3 Å². The largest absolute Gasteiger partial charge is 0.465 e. The number of nitrogens with zero attached hydrogens (tertiary/aromatic N) is 4. The number of hydrogen-bond acceptors (Lipinski definition) is 9. The molecule has 0 aliphatic heterocycles. The van der Waals surface area contributed by atoms with Crippen molar-refractivity contribution in [1.82, 2.24) is 14.1 Å². The first-order valence-electron chi connectivity index (χ1n) is 12.3. The SMILES string of the molecule is COC(=O)c1ccc2c(c1)c(-c1nc3ccc([N+](=O)[O-])cc3n(CC(=O)OC(C)(C)C)c1=O)cn2CCCN. The second kappa shape index (κ2) is 10.7. The van der Waals surface area contributed by atoms with Gasteiger partial charge < -0.3 is 19.8 Å². The van der Waals surface area contributed by atoms with Gasteiger partial charge in [-0.25, -0.2) is 9.78 Å². The number of hydrogen-bond donors (Lipinski definition) is 1. The van der Waals surface area contributed by atoms with Crippen LogP contribution in [0, 0.1) is 10.1 Å². The number of rotatable bonds is 8. The number of carbonyl (C=O) groups excluding carboxylic acids is 2. The van der Waals surface area contributed by atoms with E-state index in [1.807, 2.05) is 4.57 Å². The van der Waals surface area contributed by atoms with Crippen LogP contribution in [0.25, 0.3) is 33.2 Å². The number of non-ortho nitro benzene ring substituents is 1. The van der Waals surface area contributed by atoms with E-state index in [9.17, 15) is 24.5 Å². The number of nitro benzene ring substituents is 1. The molecule has 0 radical (unpaired) electrons. The molecule has 2 heterocycles. The van der Waals surface area contributed by atoms with E-state index in [0.717, 1.165) is 10.1 Å². The van der Waals surface area contributed by atoms with Crippen LogP contribution >= 0.6 is 0 Å². The third-order valence-electron chi connectivity index (χ3n) is 6.01. The number of nitro groups is 1. The van der Waals surface area contributed by atoms with Crippen LogP contribution in [-0.2, 0) is 27.4 Å². The van der Waals surface area contributed by atoms with Crippen LogP contribution in [0.5, 0.6) is 0 Å². The van der Waals surface area contributed by atoms with Crippen molar-refractivity contribution in [2.75, 3.05) is 13.7 Å². The Morgan fingerprint density at radius 1 is 1.13 bits per heavy atom. The molecule has 2 N–H and O–H groups in total. The van der Waals surface area contributed by atoms with Crippen molar-refractivity contribution in [3.8, 4) is 11.3 Å². The van der Waals surface area contributed by atoms with Gasteiger partial charge in [0.15, 0.2) is 0 Å². The molecule has 0 unspecified atom stereocenters. The van der Waals surface area contributed by atoms with Crippen LogP contribution in [0.1, 0.15) is 37.6 Å². The van der Waals surface area contributed by atoms with Crippen LogP contribution in [0.4, 0.5) is 5.69 Å². The fraction of sp³-hybridized carbons (Fsp3) is 0.333. The second-order valence-corrected chi connectivity index (χ2v) is 9.97. The Hall–Kier alpha value is -4.58. The summed E-state index contributed by atoms with van der Waals surface area (Å²) in [6, 6.07) is 8.92. The Kier molecular flexibility index (Phi) is 7.50. The van der Waals surface area contributed by atoms with Crippen molar-refractivity contribution >= 4 is 39.6 Å². The molecule has 0 saturated heterocycles. The van der Waals surface area contributed by atoms with Crippen molar-refractivity contribution in [2.24, 2.45) is 5.73 Å². The first-order valence-corrected chi connectivity index (χ1v) is 12.3. The summed E-state index contributed by atoms with van der Waals surface area (Å²) in [4.78, 5) is 54.4. The van der Waals surface area contributed by atoms with E-state index in [-0.39, 0.29) is 28.0 Å². The Morgan fingerprint density at radius 2 is 1.87 bits per heavy atom. The van der Waals surface area contributed by atoms with E-state index < -0.39 is 34.6 Å². The number of nitrogens with two attached hydrogens (primary N) is 1. The highest BCUT2D eigenvalue weighted by Crippen LogP contribution is 2.31. The first kappa shape index (κ1) is 27.5. The van der Waals surface area contributed by atoms with Crippen LogP contribution in [0.15, 0.2) is 47.4 Å². The van der Waals surface area contributed by atoms with Gasteiger partial charge in [0.2, 0.25) is 0 Å². The molecule has 2 aromatic heterocycles. The molecule has 4 aromatic rings. The zero-order valence-electron chi connectivity index (χ0n) is 22.1. The summed E-state index contributed by atoms with van der Waals surface area (Å²) < 4.78 is 13.3. The van der Waals surface area contributed by atoms with Gasteiger partial charge in [-0.05, 0) is 58.0 Å². The average molecular weight is 536 g/mol. The van der Waals surface area contributed by atoms with Gasteiger partial charge in [0.1, 0.15) is 17.8 Å². The molecule has 0 aliphatic rings. The molecule has 0 spiro atoms. The number of benzene rings is 2. The predicted octanol–water partition coefficient (Wildman–Crippen LogP) is 3.40. The molecule has 39 heavy (non-hydrogen) atoms. The summed E-state index contributed by atoms with van der Waals surface area (Å²) in [5.74, 6) is -1.23. The lowest BCUT2D eigenvalue weighted by molar-refractivity contribution is -0.384. The minimum atomic E-state index is -0.806. The lowest BCUT2D eigenvalue weighted by atomic mass is 10.1. The maximum Gasteiger partial charge on any atom is 0.337 e. The van der Waals surface area contributed by atoms with Gasteiger partial charge >= 0.3 is 11.9 Å². The van der Waals surface area contributed by atoms with E-state index in [2.05, 4.69) is 4.98 Å². The van der Waals surface area contributed by atoms with Gasteiger partial charge in [0.25, 0.3) is 11.2 Å². The minimum Gasteiger partial charge on any atom is -0.465 e. The van der Waals surface area contributed by atoms with Gasteiger partial charge in [-0.3, -0.25) is 24.3 Å². The molecule has 0 atom stereocenters. The maximum atomic E-state index is 13.9. The Balaban J connectivity index is 2.01. The molecule has 12 nitrogen and oxygen atoms in total. The van der Waals surface area contributed by atoms with E-state index in [0.29, 0.717) is 30.5 Å². The van der Waals surface area contributed by atoms with Gasteiger partial charge in [-0.2, -0.15) is 0 Å². The molecule has 0 aliphatic carbocycles. The van der Waals surface area contributed by atoms with Crippen molar-refractivity contribution in [2.45, 2.75) is 45.9 Å². The molecular formula is C27H29N5O7. The molecule has 0 saturated carbocycles. The molecule has 204 valence electrons. The fourth-order valence-electron chi connectivity index (χ4n) is 4.35. The Labute approximate surface area is 223 Å². The van der Waals surface area contributed by atoms with Gasteiger partial charge in [-0.15, -0.1) is 0 Å². The number of aryl methyl sites for hydroxylation is 1. The lowest BCUT2D eigenvalue weighted by Crippen LogP contribution is -2.31. The van der Waals surface area contributed by atoms with Gasteiger partial charge in [0.05, 0.1) is 28.6 Å². The highest BCUT2D eigenvalue weighted by molar-refractivity contribution is 6.01. The summed E-state index contributed by atoms with van der Waals surface area (Å²) in [5, 5.41) is 12.0. The van der Waals surface area contributed by atoms with E-state index >= 15 is 0 Å². The number of fused-ring (bicyclic) bond motifs is 2. The molecule has 0 fully saturated rings. The second-order valence-electron chi connectivity index (χ2n) is 9.97. The molecule has 12 heteroatoms. The molecule has 2 aromatic carbocycles. The summed E-state index contributed by atoms with van der Waals surface area (Å²) in [6.45, 7) is 5.61. The van der Waals surface area contributed by atoms with E-state index in [1.54, 1.807) is 45.2 Å². The summed E-state index contributed by atoms with van der Waals surface area (Å²) >= 11 is 0. The normalized spacial score (nSPS) is 11.6. The highest BCUT2D eigenvalue weighted by atomic mass is 16.6. The Bertz CT molecular complexity index is 1660. The number of esters is 2. The third kappa shape index (κ3) is 5.65. The zero-order valence-corrected chi connectivity index (χ0v) is 22.1. The van der Waals surface area contributed by atoms with Crippen molar-refractivity contribution in [1.29, 1.82) is 0 Å². The standard InChI is InChI=1S/C27H29N5O7/c1-27(2,3)39-23(33)15-31-22-13-17(32(36)37)7-8-20(22)29-24(25(31)34)19-14-30(11-5-10-28)21-9-6-16(12-18(19)21)26(35)38-4/h6-9,12-14H,5,10-11,15,28H2,1-4H3. The van der Waals surface area contributed by atoms with Crippen molar-refractivity contribution in [3.63, 3.8) is 0 Å². The zero-order chi connectivity index (χ0) is 28.5. The number of carbonyl (C=O) groups is 2. The first-order chi connectivity index (χ1) is 18.4. The maximum absolute atomic E-state index is 13.9. The summed E-state index contributed by atoms with van der Waals surface area (Å²) in [5.41, 5.74) is 5.87. The molecule has 0 amide bonds. The topological polar surface area (TPSA) is 162 Å². The predicted molar refractivity (Wildman–Crippen MR) is 144 cm³/mol.